The van der Waals surface area contributed by atoms with Gasteiger partial charge in [0.05, 0.1) is 17.0 Å². The Balaban J connectivity index is 3.17. The standard InChI is InChI=1S/C14H17BrO3/c1-4-10-6-7-11(13(15)9(3)16)8-12(10)14(17)18-5-2/h6-8,13H,4-5H2,1-3H3. The van der Waals surface area contributed by atoms with E-state index in [0.29, 0.717) is 12.2 Å². The summed E-state index contributed by atoms with van der Waals surface area (Å²) in [7, 11) is 0. The van der Waals surface area contributed by atoms with Crippen molar-refractivity contribution in [1.29, 1.82) is 0 Å². The maximum atomic E-state index is 11.8. The van der Waals surface area contributed by atoms with Crippen LogP contribution >= 0.6 is 15.9 Å². The van der Waals surface area contributed by atoms with Crippen LogP contribution in [0, 0.1) is 0 Å². The van der Waals surface area contributed by atoms with Crippen LogP contribution < -0.4 is 0 Å². The van der Waals surface area contributed by atoms with Crippen molar-refractivity contribution in [2.24, 2.45) is 0 Å². The lowest BCUT2D eigenvalue weighted by atomic mass is 9.99. The molecule has 4 heteroatoms. The van der Waals surface area contributed by atoms with E-state index in [1.807, 2.05) is 19.1 Å². The summed E-state index contributed by atoms with van der Waals surface area (Å²) in [5.74, 6) is -0.325. The summed E-state index contributed by atoms with van der Waals surface area (Å²) in [6, 6.07) is 5.47. The Morgan fingerprint density at radius 1 is 1.33 bits per heavy atom. The molecule has 0 N–H and O–H groups in total. The van der Waals surface area contributed by atoms with Gasteiger partial charge in [-0.2, -0.15) is 0 Å². The van der Waals surface area contributed by atoms with Gasteiger partial charge >= 0.3 is 5.97 Å². The summed E-state index contributed by atoms with van der Waals surface area (Å²) < 4.78 is 5.03. The van der Waals surface area contributed by atoms with Crippen LogP contribution in [0.2, 0.25) is 0 Å². The maximum absolute atomic E-state index is 11.8. The molecule has 1 atom stereocenters. The minimum atomic E-state index is -0.378. The van der Waals surface area contributed by atoms with Gasteiger partial charge < -0.3 is 4.74 Å². The summed E-state index contributed by atoms with van der Waals surface area (Å²) in [5.41, 5.74) is 2.26. The Bertz CT molecular complexity index is 454. The number of hydrogen-bond acceptors (Lipinski definition) is 3. The largest absolute Gasteiger partial charge is 0.462 e. The molecule has 0 saturated heterocycles. The van der Waals surface area contributed by atoms with Crippen LogP contribution in [0.4, 0.5) is 0 Å². The molecule has 0 aliphatic carbocycles. The first-order chi connectivity index (χ1) is 8.51. The molecule has 1 rings (SSSR count). The number of carbonyl (C=O) groups is 2. The molecule has 1 aromatic carbocycles. The quantitative estimate of drug-likeness (QED) is 0.618. The average molecular weight is 313 g/mol. The number of alkyl halides is 1. The van der Waals surface area contributed by atoms with Crippen LogP contribution in [0.5, 0.6) is 0 Å². The molecule has 18 heavy (non-hydrogen) atoms. The molecule has 0 amide bonds. The molecule has 0 fully saturated rings. The Labute approximate surface area is 116 Å². The predicted molar refractivity (Wildman–Crippen MR) is 74.1 cm³/mol. The molecule has 0 spiro atoms. The molecule has 0 aliphatic rings. The minimum Gasteiger partial charge on any atom is -0.462 e. The highest BCUT2D eigenvalue weighted by Crippen LogP contribution is 2.26. The fourth-order valence-electron chi connectivity index (χ4n) is 1.69. The number of halogens is 1. The molecule has 0 bridgehead atoms. The first-order valence-corrected chi connectivity index (χ1v) is 6.87. The zero-order chi connectivity index (χ0) is 13.7. The lowest BCUT2D eigenvalue weighted by molar-refractivity contribution is -0.116. The van der Waals surface area contributed by atoms with E-state index in [1.165, 1.54) is 6.92 Å². The summed E-state index contributed by atoms with van der Waals surface area (Å²) in [5, 5.41) is 0. The van der Waals surface area contributed by atoms with Crippen molar-refractivity contribution < 1.29 is 14.3 Å². The molecule has 0 aliphatic heterocycles. The van der Waals surface area contributed by atoms with Crippen LogP contribution in [-0.2, 0) is 16.0 Å². The molecule has 1 aromatic rings. The number of hydrogen-bond donors (Lipinski definition) is 0. The van der Waals surface area contributed by atoms with Crippen molar-refractivity contribution in [2.45, 2.75) is 32.0 Å². The number of esters is 1. The molecular formula is C14H17BrO3. The normalized spacial score (nSPS) is 12.0. The molecule has 0 aromatic heterocycles. The second kappa shape index (κ2) is 6.69. The van der Waals surface area contributed by atoms with Gasteiger partial charge in [-0.3, -0.25) is 4.79 Å². The number of aryl methyl sites for hydroxylation is 1. The van der Waals surface area contributed by atoms with Crippen LogP contribution in [0.25, 0.3) is 0 Å². The number of ether oxygens (including phenoxy) is 1. The van der Waals surface area contributed by atoms with E-state index in [1.54, 1.807) is 13.0 Å². The predicted octanol–water partition coefficient (Wildman–Crippen LogP) is 3.45. The van der Waals surface area contributed by atoms with Crippen molar-refractivity contribution in [2.75, 3.05) is 6.61 Å². The summed E-state index contributed by atoms with van der Waals surface area (Å²) in [6.45, 7) is 5.61. The van der Waals surface area contributed by atoms with Crippen LogP contribution in [0.1, 0.15) is 47.1 Å². The van der Waals surface area contributed by atoms with E-state index in [9.17, 15) is 9.59 Å². The number of carbonyl (C=O) groups excluding carboxylic acids is 2. The van der Waals surface area contributed by atoms with Gasteiger partial charge in [-0.05, 0) is 37.5 Å². The first-order valence-electron chi connectivity index (χ1n) is 5.95. The van der Waals surface area contributed by atoms with Crippen LogP contribution in [-0.4, -0.2) is 18.4 Å². The van der Waals surface area contributed by atoms with E-state index < -0.39 is 0 Å². The molecule has 0 saturated carbocycles. The van der Waals surface area contributed by atoms with Gasteiger partial charge in [-0.15, -0.1) is 0 Å². The van der Waals surface area contributed by atoms with E-state index >= 15 is 0 Å². The molecule has 98 valence electrons. The molecule has 0 radical (unpaired) electrons. The van der Waals surface area contributed by atoms with Crippen molar-refractivity contribution in [3.8, 4) is 0 Å². The zero-order valence-corrected chi connectivity index (χ0v) is 12.4. The van der Waals surface area contributed by atoms with Gasteiger partial charge in [-0.1, -0.05) is 35.0 Å². The Morgan fingerprint density at radius 3 is 2.50 bits per heavy atom. The van der Waals surface area contributed by atoms with E-state index in [2.05, 4.69) is 15.9 Å². The summed E-state index contributed by atoms with van der Waals surface area (Å²) in [6.07, 6.45) is 0.751. The topological polar surface area (TPSA) is 43.4 Å². The Morgan fingerprint density at radius 2 is 2.00 bits per heavy atom. The Kier molecular flexibility index (Phi) is 5.54. The number of Topliss-reactive ketones (excluding diaryl/α,β-unsaturated/α-hetero) is 1. The molecule has 3 nitrogen and oxygen atoms in total. The van der Waals surface area contributed by atoms with Gasteiger partial charge in [0.2, 0.25) is 0 Å². The van der Waals surface area contributed by atoms with Gasteiger partial charge in [0.25, 0.3) is 0 Å². The smallest absolute Gasteiger partial charge is 0.338 e. The van der Waals surface area contributed by atoms with Gasteiger partial charge in [-0.25, -0.2) is 4.79 Å². The SMILES string of the molecule is CCOC(=O)c1cc(C(Br)C(C)=O)ccc1CC. The van der Waals surface area contributed by atoms with Gasteiger partial charge in [0.1, 0.15) is 5.78 Å². The van der Waals surface area contributed by atoms with Crippen molar-refractivity contribution in [1.82, 2.24) is 0 Å². The minimum absolute atomic E-state index is 0.00839. The highest BCUT2D eigenvalue weighted by atomic mass is 79.9. The van der Waals surface area contributed by atoms with Crippen molar-refractivity contribution in [3.63, 3.8) is 0 Å². The highest BCUT2D eigenvalue weighted by Gasteiger charge is 2.17. The number of rotatable bonds is 5. The van der Waals surface area contributed by atoms with Gasteiger partial charge in [0.15, 0.2) is 0 Å². The average Bonchev–Trinajstić information content (AvgIpc) is 2.37. The third-order valence-corrected chi connectivity index (χ3v) is 3.83. The van der Waals surface area contributed by atoms with Crippen molar-refractivity contribution in [3.05, 3.63) is 34.9 Å². The number of benzene rings is 1. The van der Waals surface area contributed by atoms with Crippen LogP contribution in [0.3, 0.4) is 0 Å². The third kappa shape index (κ3) is 3.42. The summed E-state index contributed by atoms with van der Waals surface area (Å²) >= 11 is 3.32. The van der Waals surface area contributed by atoms with Gasteiger partial charge in [0, 0.05) is 0 Å². The fraction of sp³-hybridized carbons (Fsp3) is 0.429. The monoisotopic (exact) mass is 312 g/mol. The second-order valence-corrected chi connectivity index (χ2v) is 4.88. The molecule has 1 unspecified atom stereocenters. The number of ketones is 1. The van der Waals surface area contributed by atoms with E-state index in [0.717, 1.165) is 17.5 Å². The zero-order valence-electron chi connectivity index (χ0n) is 10.8. The maximum Gasteiger partial charge on any atom is 0.338 e. The lowest BCUT2D eigenvalue weighted by Gasteiger charge is -2.12. The summed E-state index contributed by atoms with van der Waals surface area (Å²) in [4.78, 5) is 22.8. The third-order valence-electron chi connectivity index (χ3n) is 2.66. The molecular weight excluding hydrogens is 296 g/mol. The molecule has 0 heterocycles. The second-order valence-electron chi connectivity index (χ2n) is 3.96. The van der Waals surface area contributed by atoms with Crippen LogP contribution in [0.15, 0.2) is 18.2 Å². The fourth-order valence-corrected chi connectivity index (χ4v) is 1.98. The highest BCUT2D eigenvalue weighted by molar-refractivity contribution is 9.09. The lowest BCUT2D eigenvalue weighted by Crippen LogP contribution is -2.10. The first kappa shape index (κ1) is 14.9. The van der Waals surface area contributed by atoms with E-state index in [4.69, 9.17) is 4.74 Å². The Hall–Kier alpha value is -1.16. The van der Waals surface area contributed by atoms with Crippen molar-refractivity contribution >= 4 is 27.7 Å². The van der Waals surface area contributed by atoms with E-state index in [-0.39, 0.29) is 16.6 Å².